The van der Waals surface area contributed by atoms with E-state index in [0.717, 1.165) is 30.0 Å². The molecule has 0 unspecified atom stereocenters. The predicted molar refractivity (Wildman–Crippen MR) is 79.8 cm³/mol. The maximum absolute atomic E-state index is 12.9. The van der Waals surface area contributed by atoms with Gasteiger partial charge in [0.05, 0.1) is 18.0 Å². The zero-order valence-electron chi connectivity index (χ0n) is 12.5. The Morgan fingerprint density at radius 3 is 2.58 bits per heavy atom. The molecule has 1 aromatic carbocycles. The third kappa shape index (κ3) is 3.74. The van der Waals surface area contributed by atoms with E-state index in [2.05, 4.69) is 15.7 Å². The van der Waals surface area contributed by atoms with Crippen LogP contribution in [0, 0.1) is 0 Å². The first-order valence-electron chi connectivity index (χ1n) is 7.27. The van der Waals surface area contributed by atoms with Gasteiger partial charge in [0.15, 0.2) is 0 Å². The highest BCUT2D eigenvalue weighted by molar-refractivity contribution is 5.91. The van der Waals surface area contributed by atoms with Crippen molar-refractivity contribution in [3.05, 3.63) is 42.2 Å². The number of aromatic nitrogens is 2. The summed E-state index contributed by atoms with van der Waals surface area (Å²) in [7, 11) is 0. The number of hydrogen-bond donors (Lipinski definition) is 2. The van der Waals surface area contributed by atoms with Crippen molar-refractivity contribution < 1.29 is 22.7 Å². The fourth-order valence-corrected chi connectivity index (χ4v) is 2.18. The van der Waals surface area contributed by atoms with E-state index in [0.29, 0.717) is 5.69 Å². The minimum atomic E-state index is -4.49. The van der Waals surface area contributed by atoms with Crippen molar-refractivity contribution in [2.45, 2.75) is 12.3 Å². The summed E-state index contributed by atoms with van der Waals surface area (Å²) < 4.78 is 44.7. The van der Waals surface area contributed by atoms with Crippen LogP contribution in [0.1, 0.15) is 5.69 Å². The van der Waals surface area contributed by atoms with E-state index in [1.54, 1.807) is 0 Å². The third-order valence-corrected chi connectivity index (χ3v) is 3.52. The summed E-state index contributed by atoms with van der Waals surface area (Å²) >= 11 is 0. The van der Waals surface area contributed by atoms with Crippen LogP contribution in [0.3, 0.4) is 0 Å². The van der Waals surface area contributed by atoms with Crippen molar-refractivity contribution in [3.8, 4) is 5.69 Å². The van der Waals surface area contributed by atoms with Crippen LogP contribution in [0.25, 0.3) is 5.69 Å². The summed E-state index contributed by atoms with van der Waals surface area (Å²) in [6, 6.07) is 6.84. The smallest absolute Gasteiger partial charge is 0.366 e. The largest absolute Gasteiger partial charge is 0.433 e. The summed E-state index contributed by atoms with van der Waals surface area (Å²) in [6.45, 7) is 1.40. The Kier molecular flexibility index (Phi) is 4.54. The van der Waals surface area contributed by atoms with Gasteiger partial charge in [0, 0.05) is 18.8 Å². The maximum atomic E-state index is 12.9. The van der Waals surface area contributed by atoms with Gasteiger partial charge in [-0.25, -0.2) is 4.68 Å². The van der Waals surface area contributed by atoms with Gasteiger partial charge < -0.3 is 15.4 Å². The average molecular weight is 340 g/mol. The summed E-state index contributed by atoms with van der Waals surface area (Å²) in [6.07, 6.45) is -3.35. The monoisotopic (exact) mass is 340 g/mol. The number of hydrogen-bond acceptors (Lipinski definition) is 4. The standard InChI is InChI=1S/C15H15F3N4O2/c16-15(17,18)13-5-6-20-22(13)11-3-1-10(2-4-11)21-14(23)9-24-12-7-19-8-12/h1-6,12,19H,7-9H2,(H,21,23). The van der Waals surface area contributed by atoms with Crippen molar-refractivity contribution in [2.24, 2.45) is 0 Å². The van der Waals surface area contributed by atoms with Gasteiger partial charge in [0.2, 0.25) is 5.91 Å². The highest BCUT2D eigenvalue weighted by Crippen LogP contribution is 2.30. The maximum Gasteiger partial charge on any atom is 0.433 e. The molecule has 1 amide bonds. The Morgan fingerprint density at radius 1 is 1.29 bits per heavy atom. The van der Waals surface area contributed by atoms with Gasteiger partial charge in [-0.15, -0.1) is 0 Å². The summed E-state index contributed by atoms with van der Waals surface area (Å²) in [5.74, 6) is -0.315. The van der Waals surface area contributed by atoms with Crippen molar-refractivity contribution >= 4 is 11.6 Å². The van der Waals surface area contributed by atoms with E-state index >= 15 is 0 Å². The molecule has 1 saturated heterocycles. The fourth-order valence-electron chi connectivity index (χ4n) is 2.18. The number of amides is 1. The van der Waals surface area contributed by atoms with E-state index in [1.165, 1.54) is 24.3 Å². The quantitative estimate of drug-likeness (QED) is 0.871. The second-order valence-electron chi connectivity index (χ2n) is 5.31. The molecule has 6 nitrogen and oxygen atoms in total. The molecule has 1 fully saturated rings. The van der Waals surface area contributed by atoms with Gasteiger partial charge in [0.1, 0.15) is 12.3 Å². The van der Waals surface area contributed by atoms with Crippen LogP contribution in [-0.2, 0) is 15.7 Å². The first-order valence-corrected chi connectivity index (χ1v) is 7.27. The number of benzene rings is 1. The van der Waals surface area contributed by atoms with Crippen molar-refractivity contribution in [3.63, 3.8) is 0 Å². The lowest BCUT2D eigenvalue weighted by Gasteiger charge is -2.26. The molecule has 9 heteroatoms. The molecule has 0 radical (unpaired) electrons. The lowest BCUT2D eigenvalue weighted by atomic mass is 10.2. The Labute approximate surface area is 135 Å². The van der Waals surface area contributed by atoms with E-state index in [9.17, 15) is 18.0 Å². The molecule has 1 aromatic heterocycles. The molecule has 2 heterocycles. The number of carbonyl (C=O) groups is 1. The second kappa shape index (κ2) is 6.62. The number of carbonyl (C=O) groups excluding carboxylic acids is 1. The molecule has 0 bridgehead atoms. The molecule has 0 atom stereocenters. The van der Waals surface area contributed by atoms with Gasteiger partial charge in [-0.05, 0) is 30.3 Å². The number of rotatable bonds is 5. The molecular weight excluding hydrogens is 325 g/mol. The van der Waals surface area contributed by atoms with E-state index in [4.69, 9.17) is 4.74 Å². The van der Waals surface area contributed by atoms with Gasteiger partial charge >= 0.3 is 6.18 Å². The highest BCUT2D eigenvalue weighted by Gasteiger charge is 2.35. The molecule has 0 saturated carbocycles. The lowest BCUT2D eigenvalue weighted by Crippen LogP contribution is -2.49. The van der Waals surface area contributed by atoms with Gasteiger partial charge in [0.25, 0.3) is 0 Å². The van der Waals surface area contributed by atoms with Crippen LogP contribution >= 0.6 is 0 Å². The normalized spacial score (nSPS) is 15.1. The third-order valence-electron chi connectivity index (χ3n) is 3.52. The fraction of sp³-hybridized carbons (Fsp3) is 0.333. The van der Waals surface area contributed by atoms with Crippen LogP contribution in [0.4, 0.5) is 18.9 Å². The summed E-state index contributed by atoms with van der Waals surface area (Å²) in [4.78, 5) is 11.7. The van der Waals surface area contributed by atoms with Gasteiger partial charge in [-0.1, -0.05) is 0 Å². The van der Waals surface area contributed by atoms with E-state index in [-0.39, 0.29) is 24.3 Å². The second-order valence-corrected chi connectivity index (χ2v) is 5.31. The van der Waals surface area contributed by atoms with Crippen molar-refractivity contribution in [2.75, 3.05) is 25.0 Å². The van der Waals surface area contributed by atoms with Gasteiger partial charge in [-0.2, -0.15) is 18.3 Å². The van der Waals surface area contributed by atoms with Crippen LogP contribution in [-0.4, -0.2) is 41.5 Å². The Balaban J connectivity index is 1.63. The highest BCUT2D eigenvalue weighted by atomic mass is 19.4. The number of anilines is 1. The Morgan fingerprint density at radius 2 is 2.00 bits per heavy atom. The zero-order valence-corrected chi connectivity index (χ0v) is 12.5. The number of halogens is 3. The molecule has 1 aliphatic heterocycles. The average Bonchev–Trinajstić information content (AvgIpc) is 2.96. The molecule has 0 spiro atoms. The van der Waals surface area contributed by atoms with Crippen LogP contribution in [0.5, 0.6) is 0 Å². The Bertz CT molecular complexity index is 708. The molecule has 2 aromatic rings. The minimum Gasteiger partial charge on any atom is -0.366 e. The summed E-state index contributed by atoms with van der Waals surface area (Å²) in [5, 5.41) is 9.34. The number of nitrogens with zero attached hydrogens (tertiary/aromatic N) is 2. The number of nitrogens with one attached hydrogen (secondary N) is 2. The zero-order chi connectivity index (χ0) is 17.2. The molecule has 128 valence electrons. The Hall–Kier alpha value is -2.39. The first-order chi connectivity index (χ1) is 11.4. The van der Waals surface area contributed by atoms with E-state index in [1.807, 2.05) is 0 Å². The first kappa shape index (κ1) is 16.5. The molecule has 2 N–H and O–H groups in total. The molecule has 0 aliphatic carbocycles. The molecule has 1 aliphatic rings. The van der Waals surface area contributed by atoms with Crippen molar-refractivity contribution in [1.29, 1.82) is 0 Å². The minimum absolute atomic E-state index is 0.0544. The van der Waals surface area contributed by atoms with Gasteiger partial charge in [-0.3, -0.25) is 4.79 Å². The summed E-state index contributed by atoms with van der Waals surface area (Å²) in [5.41, 5.74) is -0.135. The molecule has 3 rings (SSSR count). The topological polar surface area (TPSA) is 68.2 Å². The van der Waals surface area contributed by atoms with Crippen LogP contribution in [0.2, 0.25) is 0 Å². The van der Waals surface area contributed by atoms with E-state index < -0.39 is 11.9 Å². The molecular formula is C15H15F3N4O2. The van der Waals surface area contributed by atoms with Crippen LogP contribution in [0.15, 0.2) is 36.5 Å². The number of alkyl halides is 3. The number of ether oxygens (including phenoxy) is 1. The SMILES string of the molecule is O=C(COC1CNC1)Nc1ccc(-n2nccc2C(F)(F)F)cc1. The predicted octanol–water partition coefficient (Wildman–Crippen LogP) is 1.82. The van der Waals surface area contributed by atoms with Crippen LogP contribution < -0.4 is 10.6 Å². The van der Waals surface area contributed by atoms with Crippen molar-refractivity contribution in [1.82, 2.24) is 15.1 Å². The lowest BCUT2D eigenvalue weighted by molar-refractivity contribution is -0.142. The molecule has 24 heavy (non-hydrogen) atoms.